The van der Waals surface area contributed by atoms with Crippen LogP contribution in [0.4, 0.5) is 5.69 Å². The number of carbonyl (C=O) groups is 2. The minimum atomic E-state index is -4.09. The molecule has 0 heterocycles. The minimum Gasteiger partial charge on any atom is -0.352 e. The first-order valence-electron chi connectivity index (χ1n) is 14.1. The number of amides is 2. The van der Waals surface area contributed by atoms with E-state index in [4.69, 9.17) is 23.2 Å². The van der Waals surface area contributed by atoms with Gasteiger partial charge in [-0.25, -0.2) is 4.31 Å². The van der Waals surface area contributed by atoms with E-state index < -0.39 is 28.7 Å². The maximum absolute atomic E-state index is 14.4. The summed E-state index contributed by atoms with van der Waals surface area (Å²) in [6.45, 7) is 7.00. The third-order valence-corrected chi connectivity index (χ3v) is 9.81. The van der Waals surface area contributed by atoms with Crippen molar-refractivity contribution < 1.29 is 18.0 Å². The molecule has 0 saturated heterocycles. The number of nitrogens with zero attached hydrogens (tertiary/aromatic N) is 3. The number of benzene rings is 3. The van der Waals surface area contributed by atoms with E-state index in [1.807, 2.05) is 63.2 Å². The lowest BCUT2D eigenvalue weighted by Gasteiger charge is -2.35. The number of hydrogen-bond acceptors (Lipinski definition) is 4. The maximum Gasteiger partial charge on any atom is 0.304 e. The van der Waals surface area contributed by atoms with Gasteiger partial charge >= 0.3 is 10.2 Å². The lowest BCUT2D eigenvalue weighted by atomic mass is 10.0. The van der Waals surface area contributed by atoms with Gasteiger partial charge in [0.05, 0.1) is 15.7 Å². The van der Waals surface area contributed by atoms with Gasteiger partial charge in [-0.1, -0.05) is 78.7 Å². The van der Waals surface area contributed by atoms with Crippen LogP contribution in [0.5, 0.6) is 0 Å². The fraction of sp³-hybridized carbons (Fsp3) is 0.375. The maximum atomic E-state index is 14.4. The summed E-state index contributed by atoms with van der Waals surface area (Å²) < 4.78 is 29.5. The standard InChI is InChI=1S/C32H40Cl2N4O4S/c1-7-24(4)35-32(40)30(19-25-11-9-8-10-12-25)37(20-26-15-16-27(33)28(34)18-26)31(39)21-38(43(41,42)36(5)6)29-17-22(2)13-14-23(29)3/h8-18,24,30H,7,19-21H2,1-6H3,(H,35,40)/t24-,30-/m0/s1. The zero-order valence-corrected chi connectivity index (χ0v) is 27.8. The molecule has 0 radical (unpaired) electrons. The van der Waals surface area contributed by atoms with Gasteiger partial charge in [-0.2, -0.15) is 12.7 Å². The molecule has 2 atom stereocenters. The van der Waals surface area contributed by atoms with Crippen LogP contribution in [-0.2, 0) is 32.8 Å². The third kappa shape index (κ3) is 8.95. The second kappa shape index (κ2) is 15.1. The largest absolute Gasteiger partial charge is 0.352 e. The Balaban J connectivity index is 2.15. The van der Waals surface area contributed by atoms with Crippen molar-refractivity contribution in [2.45, 2.75) is 59.2 Å². The van der Waals surface area contributed by atoms with Gasteiger partial charge in [0.2, 0.25) is 11.8 Å². The first-order chi connectivity index (χ1) is 20.2. The Kier molecular flexibility index (Phi) is 12.0. The third-order valence-electron chi connectivity index (χ3n) is 7.26. The van der Waals surface area contributed by atoms with Crippen molar-refractivity contribution in [2.24, 2.45) is 0 Å². The van der Waals surface area contributed by atoms with Gasteiger partial charge in [-0.05, 0) is 67.6 Å². The Morgan fingerprint density at radius 2 is 1.58 bits per heavy atom. The Labute approximate surface area is 265 Å². The molecule has 0 unspecified atom stereocenters. The van der Waals surface area contributed by atoms with Crippen LogP contribution in [0.25, 0.3) is 0 Å². The number of nitrogens with one attached hydrogen (secondary N) is 1. The molecule has 0 bridgehead atoms. The van der Waals surface area contributed by atoms with Crippen LogP contribution in [0.2, 0.25) is 10.0 Å². The van der Waals surface area contributed by atoms with Crippen molar-refractivity contribution in [3.05, 3.63) is 99.0 Å². The molecule has 3 rings (SSSR count). The Morgan fingerprint density at radius 1 is 0.907 bits per heavy atom. The van der Waals surface area contributed by atoms with E-state index in [-0.39, 0.29) is 24.9 Å². The van der Waals surface area contributed by atoms with Crippen LogP contribution in [0.3, 0.4) is 0 Å². The number of hydrogen-bond donors (Lipinski definition) is 1. The van der Waals surface area contributed by atoms with E-state index in [9.17, 15) is 18.0 Å². The number of rotatable bonds is 13. The summed E-state index contributed by atoms with van der Waals surface area (Å²) in [5.74, 6) is -0.877. The van der Waals surface area contributed by atoms with Crippen LogP contribution in [0.15, 0.2) is 66.7 Å². The van der Waals surface area contributed by atoms with Crippen LogP contribution < -0.4 is 9.62 Å². The first kappa shape index (κ1) is 34.4. The van der Waals surface area contributed by atoms with E-state index in [1.54, 1.807) is 31.2 Å². The Bertz CT molecular complexity index is 1530. The molecule has 3 aromatic rings. The quantitative estimate of drug-likeness (QED) is 0.255. The van der Waals surface area contributed by atoms with Gasteiger partial charge in [0.1, 0.15) is 12.6 Å². The molecule has 1 N–H and O–H groups in total. The SMILES string of the molecule is CC[C@H](C)NC(=O)[C@H](Cc1ccccc1)N(Cc1ccc(Cl)c(Cl)c1)C(=O)CN(c1cc(C)ccc1C)S(=O)(=O)N(C)C. The van der Waals surface area contributed by atoms with Gasteiger partial charge in [0.25, 0.3) is 0 Å². The Morgan fingerprint density at radius 3 is 2.19 bits per heavy atom. The molecule has 0 aromatic heterocycles. The average Bonchev–Trinajstić information content (AvgIpc) is 2.96. The van der Waals surface area contributed by atoms with Gasteiger partial charge in [-0.15, -0.1) is 0 Å². The van der Waals surface area contributed by atoms with E-state index in [0.717, 1.165) is 19.7 Å². The fourth-order valence-corrected chi connectivity index (χ4v) is 5.95. The van der Waals surface area contributed by atoms with Gasteiger partial charge < -0.3 is 10.2 Å². The number of halogens is 2. The molecule has 43 heavy (non-hydrogen) atoms. The molecule has 0 aliphatic rings. The summed E-state index contributed by atoms with van der Waals surface area (Å²) in [6.07, 6.45) is 0.923. The lowest BCUT2D eigenvalue weighted by molar-refractivity contribution is -0.140. The molecule has 0 aliphatic carbocycles. The molecule has 2 amide bonds. The van der Waals surface area contributed by atoms with Crippen molar-refractivity contribution >= 4 is 50.9 Å². The normalized spacial score (nSPS) is 13.0. The second-order valence-electron chi connectivity index (χ2n) is 10.9. The van der Waals surface area contributed by atoms with Gasteiger partial charge in [0.15, 0.2) is 0 Å². The topological polar surface area (TPSA) is 90.0 Å². The highest BCUT2D eigenvalue weighted by atomic mass is 35.5. The summed E-state index contributed by atoms with van der Waals surface area (Å²) in [7, 11) is -1.25. The van der Waals surface area contributed by atoms with Crippen LogP contribution >= 0.6 is 23.2 Å². The van der Waals surface area contributed by atoms with E-state index in [2.05, 4.69) is 5.32 Å². The highest BCUT2D eigenvalue weighted by Gasteiger charge is 2.35. The predicted molar refractivity (Wildman–Crippen MR) is 175 cm³/mol. The number of aryl methyl sites for hydroxylation is 2. The smallest absolute Gasteiger partial charge is 0.304 e. The molecule has 11 heteroatoms. The van der Waals surface area contributed by atoms with Crippen molar-refractivity contribution in [1.29, 1.82) is 0 Å². The van der Waals surface area contributed by atoms with Crippen molar-refractivity contribution in [3.8, 4) is 0 Å². The van der Waals surface area contributed by atoms with Gasteiger partial charge in [0, 0.05) is 33.1 Å². The Hall–Kier alpha value is -3.11. The second-order valence-corrected chi connectivity index (χ2v) is 13.8. The zero-order chi connectivity index (χ0) is 31.9. The van der Waals surface area contributed by atoms with E-state index in [1.165, 1.54) is 19.0 Å². The monoisotopic (exact) mass is 646 g/mol. The van der Waals surface area contributed by atoms with Crippen molar-refractivity contribution in [1.82, 2.24) is 14.5 Å². The predicted octanol–water partition coefficient (Wildman–Crippen LogP) is 5.78. The molecule has 0 spiro atoms. The lowest BCUT2D eigenvalue weighted by Crippen LogP contribution is -2.55. The molecule has 0 fully saturated rings. The van der Waals surface area contributed by atoms with Crippen LogP contribution in [-0.4, -0.2) is 62.2 Å². The fourth-order valence-electron chi connectivity index (χ4n) is 4.52. The molecule has 0 aliphatic heterocycles. The number of anilines is 1. The summed E-state index contributed by atoms with van der Waals surface area (Å²) in [6, 6.07) is 18.8. The molecule has 3 aromatic carbocycles. The molecular weight excluding hydrogens is 607 g/mol. The average molecular weight is 648 g/mol. The first-order valence-corrected chi connectivity index (χ1v) is 16.2. The zero-order valence-electron chi connectivity index (χ0n) is 25.5. The molecular formula is C32H40Cl2N4O4S. The van der Waals surface area contributed by atoms with Crippen molar-refractivity contribution in [3.63, 3.8) is 0 Å². The highest BCUT2D eigenvalue weighted by molar-refractivity contribution is 7.90. The highest BCUT2D eigenvalue weighted by Crippen LogP contribution is 2.27. The van der Waals surface area contributed by atoms with Crippen LogP contribution in [0.1, 0.15) is 42.5 Å². The van der Waals surface area contributed by atoms with Crippen molar-refractivity contribution in [2.75, 3.05) is 24.9 Å². The summed E-state index contributed by atoms with van der Waals surface area (Å²) in [5.41, 5.74) is 3.42. The summed E-state index contributed by atoms with van der Waals surface area (Å²) in [5, 5.41) is 3.69. The molecule has 8 nitrogen and oxygen atoms in total. The number of carbonyl (C=O) groups excluding carboxylic acids is 2. The van der Waals surface area contributed by atoms with E-state index in [0.29, 0.717) is 33.3 Å². The molecule has 232 valence electrons. The van der Waals surface area contributed by atoms with Crippen LogP contribution in [0, 0.1) is 13.8 Å². The minimum absolute atomic E-state index is 0.00377. The summed E-state index contributed by atoms with van der Waals surface area (Å²) in [4.78, 5) is 29.7. The van der Waals surface area contributed by atoms with Gasteiger partial charge in [-0.3, -0.25) is 9.59 Å². The molecule has 0 saturated carbocycles. The van der Waals surface area contributed by atoms with E-state index >= 15 is 0 Å². The summed E-state index contributed by atoms with van der Waals surface area (Å²) >= 11 is 12.5.